The minimum atomic E-state index is 0.346. The summed E-state index contributed by atoms with van der Waals surface area (Å²) in [5.41, 5.74) is 2.16. The molecule has 2 atom stereocenters. The van der Waals surface area contributed by atoms with E-state index in [4.69, 9.17) is 0 Å². The number of carbonyl (C=O) groups excluding carboxylic acids is 1. The van der Waals surface area contributed by atoms with Crippen molar-refractivity contribution >= 4 is 5.78 Å². The van der Waals surface area contributed by atoms with Gasteiger partial charge in [-0.2, -0.15) is 0 Å². The molecule has 0 aromatic rings. The molecule has 0 fully saturated rings. The SMILES string of the molecule is CC1CC=C(C(=O)C2=CCC(C)CC2)CC1. The van der Waals surface area contributed by atoms with Crippen molar-refractivity contribution in [3.63, 3.8) is 0 Å². The molecule has 0 spiro atoms. The molecule has 1 heteroatoms. The fraction of sp³-hybridized carbons (Fsp3) is 0.667. The number of hydrogen-bond donors (Lipinski definition) is 0. The second-order valence-corrected chi connectivity index (χ2v) is 5.55. The molecule has 0 aromatic carbocycles. The Morgan fingerprint density at radius 2 is 1.44 bits per heavy atom. The Morgan fingerprint density at radius 1 is 1.00 bits per heavy atom. The van der Waals surface area contributed by atoms with Crippen LogP contribution in [0.3, 0.4) is 0 Å². The average Bonchev–Trinajstić information content (AvgIpc) is 2.30. The molecule has 2 aliphatic carbocycles. The molecule has 2 aliphatic rings. The Hall–Kier alpha value is -0.850. The van der Waals surface area contributed by atoms with E-state index >= 15 is 0 Å². The van der Waals surface area contributed by atoms with Crippen molar-refractivity contribution in [2.45, 2.75) is 52.4 Å². The lowest BCUT2D eigenvalue weighted by molar-refractivity contribution is -0.112. The Kier molecular flexibility index (Phi) is 3.63. The van der Waals surface area contributed by atoms with Crippen molar-refractivity contribution < 1.29 is 4.79 Å². The Bertz CT molecular complexity index is 303. The quantitative estimate of drug-likeness (QED) is 0.683. The third-order valence-corrected chi connectivity index (χ3v) is 3.93. The van der Waals surface area contributed by atoms with Crippen molar-refractivity contribution in [1.29, 1.82) is 0 Å². The molecule has 88 valence electrons. The molecule has 2 rings (SSSR count). The van der Waals surface area contributed by atoms with E-state index in [0.29, 0.717) is 5.78 Å². The molecule has 0 bridgehead atoms. The zero-order valence-electron chi connectivity index (χ0n) is 10.5. The molecule has 1 nitrogen and oxygen atoms in total. The highest BCUT2D eigenvalue weighted by molar-refractivity contribution is 6.08. The fourth-order valence-corrected chi connectivity index (χ4v) is 2.55. The zero-order valence-corrected chi connectivity index (χ0v) is 10.5. The van der Waals surface area contributed by atoms with Gasteiger partial charge in [0, 0.05) is 0 Å². The highest BCUT2D eigenvalue weighted by Crippen LogP contribution is 2.29. The van der Waals surface area contributed by atoms with Crippen LogP contribution in [-0.4, -0.2) is 5.78 Å². The molecule has 0 aliphatic heterocycles. The van der Waals surface area contributed by atoms with Gasteiger partial charge in [-0.3, -0.25) is 4.79 Å². The van der Waals surface area contributed by atoms with E-state index < -0.39 is 0 Å². The van der Waals surface area contributed by atoms with Crippen LogP contribution in [-0.2, 0) is 4.79 Å². The highest BCUT2D eigenvalue weighted by atomic mass is 16.1. The van der Waals surface area contributed by atoms with Crippen molar-refractivity contribution in [3.8, 4) is 0 Å². The molecule has 2 unspecified atom stereocenters. The van der Waals surface area contributed by atoms with Crippen molar-refractivity contribution in [2.24, 2.45) is 11.8 Å². The highest BCUT2D eigenvalue weighted by Gasteiger charge is 2.21. The number of rotatable bonds is 2. The van der Waals surface area contributed by atoms with Crippen LogP contribution in [0.5, 0.6) is 0 Å². The maximum Gasteiger partial charge on any atom is 0.184 e. The number of ketones is 1. The summed E-state index contributed by atoms with van der Waals surface area (Å²) in [7, 11) is 0. The molecular weight excluding hydrogens is 196 g/mol. The summed E-state index contributed by atoms with van der Waals surface area (Å²) >= 11 is 0. The van der Waals surface area contributed by atoms with Gasteiger partial charge in [0.05, 0.1) is 0 Å². The molecule has 0 heterocycles. The molecule has 0 saturated carbocycles. The van der Waals surface area contributed by atoms with Crippen LogP contribution in [0.25, 0.3) is 0 Å². The van der Waals surface area contributed by atoms with E-state index in [2.05, 4.69) is 26.0 Å². The first-order chi connectivity index (χ1) is 7.66. The lowest BCUT2D eigenvalue weighted by atomic mass is 9.83. The monoisotopic (exact) mass is 218 g/mol. The van der Waals surface area contributed by atoms with Gasteiger partial charge in [-0.15, -0.1) is 0 Å². The van der Waals surface area contributed by atoms with Crippen LogP contribution in [0.1, 0.15) is 52.4 Å². The minimum absolute atomic E-state index is 0.346. The van der Waals surface area contributed by atoms with Gasteiger partial charge in [0.15, 0.2) is 5.78 Å². The van der Waals surface area contributed by atoms with Crippen LogP contribution in [0.2, 0.25) is 0 Å². The van der Waals surface area contributed by atoms with Crippen LogP contribution in [0, 0.1) is 11.8 Å². The molecule has 0 aromatic heterocycles. The smallest absolute Gasteiger partial charge is 0.184 e. The zero-order chi connectivity index (χ0) is 11.5. The van der Waals surface area contributed by atoms with E-state index in [-0.39, 0.29) is 0 Å². The summed E-state index contributed by atoms with van der Waals surface area (Å²) in [6.07, 6.45) is 10.9. The van der Waals surface area contributed by atoms with E-state index in [9.17, 15) is 4.79 Å². The summed E-state index contributed by atoms with van der Waals surface area (Å²) in [6, 6.07) is 0. The van der Waals surface area contributed by atoms with Gasteiger partial charge < -0.3 is 0 Å². The molecule has 0 radical (unpaired) electrons. The van der Waals surface area contributed by atoms with Gasteiger partial charge in [0.25, 0.3) is 0 Å². The molecule has 0 N–H and O–H groups in total. The largest absolute Gasteiger partial charge is 0.289 e. The summed E-state index contributed by atoms with van der Waals surface area (Å²) in [5, 5.41) is 0. The first-order valence-electron chi connectivity index (χ1n) is 6.59. The van der Waals surface area contributed by atoms with Gasteiger partial charge >= 0.3 is 0 Å². The van der Waals surface area contributed by atoms with Crippen molar-refractivity contribution in [1.82, 2.24) is 0 Å². The van der Waals surface area contributed by atoms with Gasteiger partial charge in [-0.05, 0) is 61.5 Å². The summed E-state index contributed by atoms with van der Waals surface area (Å²) in [5.74, 6) is 1.87. The third-order valence-electron chi connectivity index (χ3n) is 3.93. The summed E-state index contributed by atoms with van der Waals surface area (Å²) in [6.45, 7) is 4.53. The van der Waals surface area contributed by atoms with Crippen molar-refractivity contribution in [3.05, 3.63) is 23.3 Å². The lowest BCUT2D eigenvalue weighted by Gasteiger charge is -2.21. The summed E-state index contributed by atoms with van der Waals surface area (Å²) < 4.78 is 0. The van der Waals surface area contributed by atoms with E-state index in [1.165, 1.54) is 12.8 Å². The third kappa shape index (κ3) is 2.63. The Balaban J connectivity index is 2.03. The molecule has 16 heavy (non-hydrogen) atoms. The molecular formula is C15H22O. The van der Waals surface area contributed by atoms with Crippen LogP contribution < -0.4 is 0 Å². The number of hydrogen-bond acceptors (Lipinski definition) is 1. The lowest BCUT2D eigenvalue weighted by Crippen LogP contribution is -2.14. The number of Topliss-reactive ketones (excluding diaryl/α,β-unsaturated/α-hetero) is 1. The Labute approximate surface area is 98.6 Å². The topological polar surface area (TPSA) is 17.1 Å². The molecule has 0 amide bonds. The van der Waals surface area contributed by atoms with E-state index in [0.717, 1.165) is 48.7 Å². The average molecular weight is 218 g/mol. The van der Waals surface area contributed by atoms with Crippen LogP contribution >= 0.6 is 0 Å². The standard InChI is InChI=1S/C15H22O/c1-11-3-7-13(8-4-11)15(16)14-9-5-12(2)6-10-14/h7,9,11-12H,3-6,8,10H2,1-2H3. The number of carbonyl (C=O) groups is 1. The maximum absolute atomic E-state index is 12.2. The minimum Gasteiger partial charge on any atom is -0.289 e. The predicted octanol–water partition coefficient (Wildman–Crippen LogP) is 4.05. The first-order valence-corrected chi connectivity index (χ1v) is 6.59. The van der Waals surface area contributed by atoms with Gasteiger partial charge in [0.1, 0.15) is 0 Å². The summed E-state index contributed by atoms with van der Waals surface area (Å²) in [4.78, 5) is 12.2. The predicted molar refractivity (Wildman–Crippen MR) is 67.2 cm³/mol. The first kappa shape index (κ1) is 11.6. The van der Waals surface area contributed by atoms with Gasteiger partial charge in [-0.25, -0.2) is 0 Å². The van der Waals surface area contributed by atoms with Crippen LogP contribution in [0.15, 0.2) is 23.3 Å². The van der Waals surface area contributed by atoms with E-state index in [1.807, 2.05) is 0 Å². The van der Waals surface area contributed by atoms with Crippen molar-refractivity contribution in [2.75, 3.05) is 0 Å². The normalized spacial score (nSPS) is 30.6. The maximum atomic E-state index is 12.2. The molecule has 0 saturated heterocycles. The van der Waals surface area contributed by atoms with Gasteiger partial charge in [-0.1, -0.05) is 26.0 Å². The fourth-order valence-electron chi connectivity index (χ4n) is 2.55. The second kappa shape index (κ2) is 4.99. The Morgan fingerprint density at radius 3 is 1.75 bits per heavy atom. The van der Waals surface area contributed by atoms with E-state index in [1.54, 1.807) is 0 Å². The second-order valence-electron chi connectivity index (χ2n) is 5.55. The van der Waals surface area contributed by atoms with Crippen LogP contribution in [0.4, 0.5) is 0 Å². The number of allylic oxidation sites excluding steroid dienone is 4. The van der Waals surface area contributed by atoms with Gasteiger partial charge in [0.2, 0.25) is 0 Å².